The Kier molecular flexibility index (Phi) is 4.67. The summed E-state index contributed by atoms with van der Waals surface area (Å²) in [5.41, 5.74) is 3.16. The number of benzene rings is 1. The number of hydrogen-bond donors (Lipinski definition) is 0. The minimum atomic E-state index is 0.187. The molecule has 2 rings (SSSR count). The molecule has 1 saturated heterocycles. The quantitative estimate of drug-likeness (QED) is 0.755. The van der Waals surface area contributed by atoms with Crippen molar-refractivity contribution >= 4 is 21.8 Å². The van der Waals surface area contributed by atoms with Crippen LogP contribution in [0, 0.1) is 19.8 Å². The van der Waals surface area contributed by atoms with Gasteiger partial charge in [-0.2, -0.15) is 0 Å². The monoisotopic (exact) mass is 323 g/mol. The molecule has 0 aromatic heterocycles. The van der Waals surface area contributed by atoms with Gasteiger partial charge in [0.15, 0.2) is 0 Å². The van der Waals surface area contributed by atoms with E-state index in [2.05, 4.69) is 28.9 Å². The van der Waals surface area contributed by atoms with Gasteiger partial charge in [-0.3, -0.25) is 4.79 Å². The van der Waals surface area contributed by atoms with Gasteiger partial charge in [0.2, 0.25) is 0 Å². The predicted molar refractivity (Wildman–Crippen MR) is 82.9 cm³/mol. The van der Waals surface area contributed by atoms with E-state index in [0.29, 0.717) is 10.7 Å². The molecular formula is C16H22BrNO. The van der Waals surface area contributed by atoms with Gasteiger partial charge in [-0.05, 0) is 44.7 Å². The highest BCUT2D eigenvalue weighted by atomic mass is 79.9. The van der Waals surface area contributed by atoms with E-state index < -0.39 is 0 Å². The summed E-state index contributed by atoms with van der Waals surface area (Å²) >= 11 is 3.65. The number of alkyl halides is 1. The Bertz CT molecular complexity index is 442. The number of hydrogen-bond acceptors (Lipinski definition) is 1. The SMILES string of the molecule is Cc1cc(C)cc(C(=O)N2CCC(C(C)Br)CC2)c1. The van der Waals surface area contributed by atoms with Crippen LogP contribution < -0.4 is 0 Å². The van der Waals surface area contributed by atoms with Gasteiger partial charge in [-0.1, -0.05) is 40.0 Å². The Morgan fingerprint density at radius 1 is 1.21 bits per heavy atom. The number of amides is 1. The summed E-state index contributed by atoms with van der Waals surface area (Å²) in [7, 11) is 0. The van der Waals surface area contributed by atoms with E-state index in [1.807, 2.05) is 30.9 Å². The zero-order valence-corrected chi connectivity index (χ0v) is 13.5. The minimum absolute atomic E-state index is 0.187. The van der Waals surface area contributed by atoms with Crippen LogP contribution in [0.3, 0.4) is 0 Å². The summed E-state index contributed by atoms with van der Waals surface area (Å²) in [6, 6.07) is 6.10. The van der Waals surface area contributed by atoms with Crippen LogP contribution in [0.15, 0.2) is 18.2 Å². The zero-order chi connectivity index (χ0) is 14.0. The third kappa shape index (κ3) is 3.59. The maximum Gasteiger partial charge on any atom is 0.253 e. The van der Waals surface area contributed by atoms with Crippen molar-refractivity contribution in [3.05, 3.63) is 34.9 Å². The van der Waals surface area contributed by atoms with Crippen molar-refractivity contribution in [1.29, 1.82) is 0 Å². The van der Waals surface area contributed by atoms with Crippen molar-refractivity contribution < 1.29 is 4.79 Å². The lowest BCUT2D eigenvalue weighted by molar-refractivity contribution is 0.0691. The van der Waals surface area contributed by atoms with Gasteiger partial charge in [0, 0.05) is 23.5 Å². The molecule has 1 amide bonds. The van der Waals surface area contributed by atoms with E-state index >= 15 is 0 Å². The normalized spacial score (nSPS) is 18.4. The molecule has 1 aliphatic rings. The molecule has 1 aromatic rings. The average Bonchev–Trinajstić information content (AvgIpc) is 2.37. The summed E-state index contributed by atoms with van der Waals surface area (Å²) in [5.74, 6) is 0.885. The second kappa shape index (κ2) is 6.08. The van der Waals surface area contributed by atoms with Crippen LogP contribution in [-0.4, -0.2) is 28.7 Å². The van der Waals surface area contributed by atoms with Crippen LogP contribution in [0.25, 0.3) is 0 Å². The highest BCUT2D eigenvalue weighted by molar-refractivity contribution is 9.09. The lowest BCUT2D eigenvalue weighted by Gasteiger charge is -2.33. The van der Waals surface area contributed by atoms with Crippen molar-refractivity contribution in [2.75, 3.05) is 13.1 Å². The lowest BCUT2D eigenvalue weighted by Crippen LogP contribution is -2.40. The van der Waals surface area contributed by atoms with Crippen LogP contribution in [0.2, 0.25) is 0 Å². The minimum Gasteiger partial charge on any atom is -0.339 e. The van der Waals surface area contributed by atoms with Crippen molar-refractivity contribution in [2.45, 2.75) is 38.4 Å². The largest absolute Gasteiger partial charge is 0.339 e. The Morgan fingerprint density at radius 3 is 2.21 bits per heavy atom. The number of aryl methyl sites for hydroxylation is 2. The van der Waals surface area contributed by atoms with Crippen molar-refractivity contribution in [3.8, 4) is 0 Å². The Balaban J connectivity index is 2.05. The molecule has 1 unspecified atom stereocenters. The van der Waals surface area contributed by atoms with Crippen LogP contribution in [0.5, 0.6) is 0 Å². The molecule has 0 N–H and O–H groups in total. The van der Waals surface area contributed by atoms with Crippen molar-refractivity contribution in [1.82, 2.24) is 4.90 Å². The molecule has 0 spiro atoms. The predicted octanol–water partition coefficient (Wildman–Crippen LogP) is 3.94. The smallest absolute Gasteiger partial charge is 0.253 e. The molecule has 19 heavy (non-hydrogen) atoms. The van der Waals surface area contributed by atoms with Gasteiger partial charge >= 0.3 is 0 Å². The van der Waals surface area contributed by atoms with Crippen LogP contribution in [0.1, 0.15) is 41.3 Å². The molecule has 1 aliphatic heterocycles. The first-order valence-electron chi connectivity index (χ1n) is 6.99. The summed E-state index contributed by atoms with van der Waals surface area (Å²) < 4.78 is 0. The maximum absolute atomic E-state index is 12.5. The Labute approximate surface area is 124 Å². The first-order chi connectivity index (χ1) is 8.97. The summed E-state index contributed by atoms with van der Waals surface area (Å²) in [6.07, 6.45) is 2.20. The molecular weight excluding hydrogens is 302 g/mol. The third-order valence-corrected chi connectivity index (χ3v) is 4.69. The van der Waals surface area contributed by atoms with Gasteiger partial charge in [-0.25, -0.2) is 0 Å². The highest BCUT2D eigenvalue weighted by Crippen LogP contribution is 2.26. The van der Waals surface area contributed by atoms with Crippen LogP contribution in [0.4, 0.5) is 0 Å². The number of likely N-dealkylation sites (tertiary alicyclic amines) is 1. The van der Waals surface area contributed by atoms with Gasteiger partial charge in [0.05, 0.1) is 0 Å². The lowest BCUT2D eigenvalue weighted by atomic mass is 9.94. The Morgan fingerprint density at radius 2 is 1.74 bits per heavy atom. The van der Waals surface area contributed by atoms with Gasteiger partial charge < -0.3 is 4.90 Å². The second-order valence-corrected chi connectivity index (χ2v) is 7.13. The summed E-state index contributed by atoms with van der Waals surface area (Å²) in [5, 5.41) is 0. The maximum atomic E-state index is 12.5. The molecule has 0 radical (unpaired) electrons. The number of carbonyl (C=O) groups is 1. The number of piperidine rings is 1. The highest BCUT2D eigenvalue weighted by Gasteiger charge is 2.25. The van der Waals surface area contributed by atoms with Crippen LogP contribution in [-0.2, 0) is 0 Å². The van der Waals surface area contributed by atoms with Gasteiger partial charge in [-0.15, -0.1) is 0 Å². The fourth-order valence-corrected chi connectivity index (χ4v) is 3.37. The molecule has 104 valence electrons. The third-order valence-electron chi connectivity index (χ3n) is 3.95. The molecule has 0 saturated carbocycles. The zero-order valence-electron chi connectivity index (χ0n) is 11.9. The molecule has 0 aliphatic carbocycles. The average molecular weight is 324 g/mol. The molecule has 1 fully saturated rings. The number of rotatable bonds is 2. The van der Waals surface area contributed by atoms with E-state index in [1.165, 1.54) is 0 Å². The Hall–Kier alpha value is -0.830. The second-order valence-electron chi connectivity index (χ2n) is 5.68. The molecule has 1 heterocycles. The first-order valence-corrected chi connectivity index (χ1v) is 7.90. The fraction of sp³-hybridized carbons (Fsp3) is 0.562. The number of nitrogens with zero attached hydrogens (tertiary/aromatic N) is 1. The molecule has 1 aromatic carbocycles. The topological polar surface area (TPSA) is 20.3 Å². The van der Waals surface area contributed by atoms with E-state index in [0.717, 1.165) is 42.6 Å². The summed E-state index contributed by atoms with van der Waals surface area (Å²) in [6.45, 7) is 8.05. The van der Waals surface area contributed by atoms with Gasteiger partial charge in [0.1, 0.15) is 0 Å². The van der Waals surface area contributed by atoms with E-state index in [4.69, 9.17) is 0 Å². The van der Waals surface area contributed by atoms with Crippen molar-refractivity contribution in [3.63, 3.8) is 0 Å². The molecule has 1 atom stereocenters. The molecule has 0 bridgehead atoms. The van der Waals surface area contributed by atoms with Crippen molar-refractivity contribution in [2.24, 2.45) is 5.92 Å². The van der Waals surface area contributed by atoms with Crippen LogP contribution >= 0.6 is 15.9 Å². The molecule has 2 nitrogen and oxygen atoms in total. The standard InChI is InChI=1S/C16H22BrNO/c1-11-8-12(2)10-15(9-11)16(19)18-6-4-14(5-7-18)13(3)17/h8-10,13-14H,4-7H2,1-3H3. The fourth-order valence-electron chi connectivity index (χ4n) is 2.84. The number of carbonyl (C=O) groups excluding carboxylic acids is 1. The van der Waals surface area contributed by atoms with E-state index in [9.17, 15) is 4.79 Å². The van der Waals surface area contributed by atoms with E-state index in [1.54, 1.807) is 0 Å². The molecule has 3 heteroatoms. The summed E-state index contributed by atoms with van der Waals surface area (Å²) in [4.78, 5) is 15.0. The van der Waals surface area contributed by atoms with E-state index in [-0.39, 0.29) is 5.91 Å². The first kappa shape index (κ1) is 14.6. The number of halogens is 1. The van der Waals surface area contributed by atoms with Gasteiger partial charge in [0.25, 0.3) is 5.91 Å².